The monoisotopic (exact) mass is 446 g/mol. The fourth-order valence-electron chi connectivity index (χ4n) is 2.65. The van der Waals surface area contributed by atoms with Crippen LogP contribution in [-0.4, -0.2) is 33.0 Å². The summed E-state index contributed by atoms with van der Waals surface area (Å²) in [4.78, 5) is 27.7. The minimum atomic E-state index is -0.728. The number of benzene rings is 2. The summed E-state index contributed by atoms with van der Waals surface area (Å²) in [5.41, 5.74) is -0.0489. The molecular formula is C18H15BrN4O5. The van der Waals surface area contributed by atoms with Crippen molar-refractivity contribution >= 4 is 38.7 Å². The zero-order valence-corrected chi connectivity index (χ0v) is 16.5. The quantitative estimate of drug-likeness (QED) is 0.364. The number of nitrogens with zero attached hydrogens (tertiary/aromatic N) is 4. The first-order chi connectivity index (χ1) is 13.3. The maximum Gasteiger partial charge on any atom is 0.315 e. The predicted octanol–water partition coefficient (Wildman–Crippen LogP) is 3.23. The number of hydrogen-bond acceptors (Lipinski definition) is 7. The first kappa shape index (κ1) is 19.5. The van der Waals surface area contributed by atoms with Crippen molar-refractivity contribution in [2.75, 3.05) is 7.11 Å². The summed E-state index contributed by atoms with van der Waals surface area (Å²) in [7, 11) is 1.28. The second-order valence-corrected chi connectivity index (χ2v) is 6.67. The van der Waals surface area contributed by atoms with Gasteiger partial charge in [0.1, 0.15) is 5.82 Å². The number of hydrogen-bond donors (Lipinski definition) is 1. The lowest BCUT2D eigenvalue weighted by Gasteiger charge is -2.08. The van der Waals surface area contributed by atoms with Gasteiger partial charge < -0.3 is 9.84 Å². The summed E-state index contributed by atoms with van der Waals surface area (Å²) >= 11 is 3.33. The molecule has 3 aromatic rings. The Morgan fingerprint density at radius 1 is 1.39 bits per heavy atom. The number of aromatic nitrogens is 2. The normalized spacial score (nSPS) is 11.2. The van der Waals surface area contributed by atoms with E-state index in [0.29, 0.717) is 23.1 Å². The summed E-state index contributed by atoms with van der Waals surface area (Å²) in [5, 5.41) is 25.5. The molecule has 0 aliphatic heterocycles. The van der Waals surface area contributed by atoms with Gasteiger partial charge >= 0.3 is 5.69 Å². The van der Waals surface area contributed by atoms with E-state index in [1.807, 2.05) is 6.92 Å². The number of rotatable bonds is 5. The van der Waals surface area contributed by atoms with Crippen molar-refractivity contribution < 1.29 is 14.8 Å². The number of ether oxygens (including phenoxy) is 1. The van der Waals surface area contributed by atoms with Crippen LogP contribution < -0.4 is 10.3 Å². The summed E-state index contributed by atoms with van der Waals surface area (Å²) < 4.78 is 6.85. The maximum atomic E-state index is 12.8. The van der Waals surface area contributed by atoms with Gasteiger partial charge in [-0.25, -0.2) is 4.98 Å². The molecule has 0 aliphatic rings. The lowest BCUT2D eigenvalue weighted by atomic mass is 10.2. The van der Waals surface area contributed by atoms with Crippen molar-refractivity contribution in [2.24, 2.45) is 5.10 Å². The molecule has 0 fully saturated rings. The van der Waals surface area contributed by atoms with Crippen molar-refractivity contribution in [1.82, 2.24) is 9.66 Å². The number of fused-ring (bicyclic) bond motifs is 1. The van der Waals surface area contributed by atoms with Crippen molar-refractivity contribution in [3.05, 3.63) is 66.7 Å². The molecule has 0 unspecified atom stereocenters. The highest BCUT2D eigenvalue weighted by Crippen LogP contribution is 2.36. The summed E-state index contributed by atoms with van der Waals surface area (Å²) in [6, 6.07) is 7.72. The topological polar surface area (TPSA) is 120 Å². The minimum absolute atomic E-state index is 0.0701. The molecule has 0 bridgehead atoms. The Morgan fingerprint density at radius 2 is 2.14 bits per heavy atom. The third kappa shape index (κ3) is 3.58. The van der Waals surface area contributed by atoms with Crippen molar-refractivity contribution in [3.63, 3.8) is 0 Å². The van der Waals surface area contributed by atoms with E-state index >= 15 is 0 Å². The average Bonchev–Trinajstić information content (AvgIpc) is 2.68. The van der Waals surface area contributed by atoms with Gasteiger partial charge in [-0.05, 0) is 24.3 Å². The maximum absolute atomic E-state index is 12.8. The molecular weight excluding hydrogens is 432 g/mol. The number of halogens is 1. The van der Waals surface area contributed by atoms with Crippen LogP contribution in [0, 0.1) is 10.1 Å². The first-order valence-electron chi connectivity index (χ1n) is 8.16. The van der Waals surface area contributed by atoms with Gasteiger partial charge in [0.25, 0.3) is 5.56 Å². The lowest BCUT2D eigenvalue weighted by Crippen LogP contribution is -2.22. The van der Waals surface area contributed by atoms with Crippen molar-refractivity contribution in [2.45, 2.75) is 13.3 Å². The van der Waals surface area contributed by atoms with Crippen LogP contribution in [-0.2, 0) is 6.42 Å². The highest BCUT2D eigenvalue weighted by Gasteiger charge is 2.19. The molecule has 1 heterocycles. The van der Waals surface area contributed by atoms with Crippen LogP contribution in [0.25, 0.3) is 10.9 Å². The number of nitro groups is 1. The van der Waals surface area contributed by atoms with E-state index in [1.165, 1.54) is 19.4 Å². The second-order valence-electron chi connectivity index (χ2n) is 5.75. The second kappa shape index (κ2) is 7.77. The number of phenols is 1. The van der Waals surface area contributed by atoms with Gasteiger partial charge in [-0.1, -0.05) is 22.9 Å². The SMILES string of the molecule is CCc1nc2ccc(Br)cc2c(=O)n1N=Cc1cc(OC)c(O)c([N+](=O)[O-])c1. The minimum Gasteiger partial charge on any atom is -0.500 e. The molecule has 1 N–H and O–H groups in total. The van der Waals surface area contributed by atoms with E-state index in [2.05, 4.69) is 26.0 Å². The molecule has 0 spiro atoms. The molecule has 1 aromatic heterocycles. The largest absolute Gasteiger partial charge is 0.500 e. The summed E-state index contributed by atoms with van der Waals surface area (Å²) in [6.07, 6.45) is 1.73. The van der Waals surface area contributed by atoms with E-state index in [0.717, 1.165) is 15.2 Å². The molecule has 28 heavy (non-hydrogen) atoms. The number of nitro benzene ring substituents is 1. The van der Waals surface area contributed by atoms with E-state index in [-0.39, 0.29) is 16.9 Å². The Labute approximate surface area is 167 Å². The Hall–Kier alpha value is -3.27. The third-order valence-electron chi connectivity index (χ3n) is 4.01. The zero-order valence-electron chi connectivity index (χ0n) is 14.9. The Kier molecular flexibility index (Phi) is 5.41. The Balaban J connectivity index is 2.16. The number of aryl methyl sites for hydroxylation is 1. The molecule has 3 rings (SSSR count). The van der Waals surface area contributed by atoms with Crippen LogP contribution in [0.2, 0.25) is 0 Å². The average molecular weight is 447 g/mol. The van der Waals surface area contributed by atoms with Gasteiger partial charge in [0.15, 0.2) is 5.75 Å². The molecule has 0 radical (unpaired) electrons. The number of aromatic hydroxyl groups is 1. The predicted molar refractivity (Wildman–Crippen MR) is 107 cm³/mol. The molecule has 0 aliphatic carbocycles. The van der Waals surface area contributed by atoms with Gasteiger partial charge in [-0.3, -0.25) is 14.9 Å². The van der Waals surface area contributed by atoms with Crippen LogP contribution in [0.3, 0.4) is 0 Å². The van der Waals surface area contributed by atoms with Crippen LogP contribution in [0.1, 0.15) is 18.3 Å². The smallest absolute Gasteiger partial charge is 0.315 e. The molecule has 0 atom stereocenters. The van der Waals surface area contributed by atoms with Crippen LogP contribution in [0.4, 0.5) is 5.69 Å². The fourth-order valence-corrected chi connectivity index (χ4v) is 3.01. The number of methoxy groups -OCH3 is 1. The summed E-state index contributed by atoms with van der Waals surface area (Å²) in [5.74, 6) is -0.205. The molecule has 0 saturated heterocycles. The third-order valence-corrected chi connectivity index (χ3v) is 4.50. The molecule has 0 saturated carbocycles. The van der Waals surface area contributed by atoms with Gasteiger partial charge in [0, 0.05) is 22.5 Å². The van der Waals surface area contributed by atoms with Crippen LogP contribution in [0.5, 0.6) is 11.5 Å². The highest BCUT2D eigenvalue weighted by molar-refractivity contribution is 9.10. The van der Waals surface area contributed by atoms with Crippen molar-refractivity contribution in [1.29, 1.82) is 0 Å². The zero-order chi connectivity index (χ0) is 20.4. The molecule has 2 aromatic carbocycles. The van der Waals surface area contributed by atoms with E-state index < -0.39 is 16.4 Å². The standard InChI is InChI=1S/C18H15BrN4O5/c1-3-16-21-13-5-4-11(19)8-12(13)18(25)22(16)20-9-10-6-14(23(26)27)17(24)15(7-10)28-2/h4-9,24H,3H2,1-2H3. The van der Waals surface area contributed by atoms with Gasteiger partial charge in [-0.15, -0.1) is 0 Å². The molecule has 0 amide bonds. The van der Waals surface area contributed by atoms with E-state index in [9.17, 15) is 20.0 Å². The highest BCUT2D eigenvalue weighted by atomic mass is 79.9. The molecule has 9 nitrogen and oxygen atoms in total. The van der Waals surface area contributed by atoms with Gasteiger partial charge in [-0.2, -0.15) is 9.78 Å². The first-order valence-corrected chi connectivity index (χ1v) is 8.96. The van der Waals surface area contributed by atoms with E-state index in [4.69, 9.17) is 4.74 Å². The van der Waals surface area contributed by atoms with Gasteiger partial charge in [0.05, 0.1) is 29.2 Å². The fraction of sp³-hybridized carbons (Fsp3) is 0.167. The molecule has 10 heteroatoms. The van der Waals surface area contributed by atoms with Gasteiger partial charge in [0.2, 0.25) is 5.75 Å². The Morgan fingerprint density at radius 3 is 2.79 bits per heavy atom. The summed E-state index contributed by atoms with van der Waals surface area (Å²) in [6.45, 7) is 1.84. The van der Waals surface area contributed by atoms with E-state index in [1.54, 1.807) is 18.2 Å². The molecule has 144 valence electrons. The lowest BCUT2D eigenvalue weighted by molar-refractivity contribution is -0.386. The van der Waals surface area contributed by atoms with Crippen molar-refractivity contribution in [3.8, 4) is 11.5 Å². The van der Waals surface area contributed by atoms with Crippen LogP contribution >= 0.6 is 15.9 Å². The Bertz CT molecular complexity index is 1170. The number of phenolic OH excluding ortho intramolecular Hbond substituents is 1. The van der Waals surface area contributed by atoms with Crippen LogP contribution in [0.15, 0.2) is 44.7 Å².